The van der Waals surface area contributed by atoms with Crippen molar-refractivity contribution in [3.8, 4) is 0 Å². The topological polar surface area (TPSA) is 46.2 Å². The number of para-hydroxylation sites is 1. The number of aryl methyl sites for hydroxylation is 1. The summed E-state index contributed by atoms with van der Waals surface area (Å²) in [5.41, 5.74) is 2.80. The first kappa shape index (κ1) is 15.9. The lowest BCUT2D eigenvalue weighted by atomic mass is 10.1. The molecule has 0 heterocycles. The lowest BCUT2D eigenvalue weighted by Gasteiger charge is -2.08. The number of carbonyl (C=O) groups excluding carboxylic acids is 1. The minimum Gasteiger partial charge on any atom is -0.324 e. The molecule has 5 heteroatoms. The van der Waals surface area contributed by atoms with Gasteiger partial charge in [0.25, 0.3) is 0 Å². The summed E-state index contributed by atoms with van der Waals surface area (Å²) in [5, 5.41) is 2.76. The molecule has 21 heavy (non-hydrogen) atoms. The number of nitrogens with one attached hydrogen (secondary N) is 1. The predicted molar refractivity (Wildman–Crippen MR) is 90.7 cm³/mol. The van der Waals surface area contributed by atoms with E-state index < -0.39 is 10.8 Å². The van der Waals surface area contributed by atoms with E-state index in [0.29, 0.717) is 11.4 Å². The molecule has 0 aliphatic carbocycles. The maximum atomic E-state index is 12.1. The van der Waals surface area contributed by atoms with Crippen LogP contribution in [0.1, 0.15) is 11.1 Å². The van der Waals surface area contributed by atoms with E-state index in [2.05, 4.69) is 21.2 Å². The lowest BCUT2D eigenvalue weighted by Crippen LogP contribution is -2.20. The fourth-order valence-electron chi connectivity index (χ4n) is 1.89. The highest BCUT2D eigenvalue weighted by Crippen LogP contribution is 2.21. The monoisotopic (exact) mass is 365 g/mol. The van der Waals surface area contributed by atoms with Crippen molar-refractivity contribution < 1.29 is 9.00 Å². The molecule has 0 aliphatic heterocycles. The number of benzene rings is 2. The van der Waals surface area contributed by atoms with Gasteiger partial charge in [-0.1, -0.05) is 36.4 Å². The van der Waals surface area contributed by atoms with Gasteiger partial charge in [0.15, 0.2) is 0 Å². The summed E-state index contributed by atoms with van der Waals surface area (Å²) in [7, 11) is -1.22. The van der Waals surface area contributed by atoms with Gasteiger partial charge >= 0.3 is 0 Å². The van der Waals surface area contributed by atoms with Gasteiger partial charge in [0.2, 0.25) is 5.91 Å². The third kappa shape index (κ3) is 4.79. The Bertz CT molecular complexity index is 615. The molecular weight excluding hydrogens is 350 g/mol. The van der Waals surface area contributed by atoms with Crippen LogP contribution >= 0.6 is 15.9 Å². The first-order chi connectivity index (χ1) is 10.1. The number of anilines is 1. The molecule has 3 nitrogen and oxygen atoms in total. The standard InChI is InChI=1S/C16H16BrNO2S/c1-12-6-2-3-7-13(12)10-21(20)11-16(19)18-15-9-5-4-8-14(15)17/h2-9H,10-11H2,1H3,(H,18,19). The van der Waals surface area contributed by atoms with Crippen molar-refractivity contribution >= 4 is 38.3 Å². The van der Waals surface area contributed by atoms with Crippen molar-refractivity contribution in [1.29, 1.82) is 0 Å². The molecular formula is C16H16BrNO2S. The smallest absolute Gasteiger partial charge is 0.237 e. The van der Waals surface area contributed by atoms with Crippen LogP contribution in [-0.2, 0) is 21.3 Å². The minimum absolute atomic E-state index is 0.00430. The summed E-state index contributed by atoms with van der Waals surface area (Å²) < 4.78 is 12.9. The van der Waals surface area contributed by atoms with E-state index in [4.69, 9.17) is 0 Å². The molecule has 1 N–H and O–H groups in total. The average molecular weight is 366 g/mol. The fourth-order valence-corrected chi connectivity index (χ4v) is 3.41. The molecule has 0 aromatic heterocycles. The lowest BCUT2D eigenvalue weighted by molar-refractivity contribution is -0.113. The molecule has 1 amide bonds. The summed E-state index contributed by atoms with van der Waals surface area (Å²) in [6, 6.07) is 15.1. The zero-order chi connectivity index (χ0) is 15.2. The summed E-state index contributed by atoms with van der Waals surface area (Å²) in [6.45, 7) is 1.98. The second kappa shape index (κ2) is 7.52. The highest BCUT2D eigenvalue weighted by atomic mass is 79.9. The molecule has 0 spiro atoms. The van der Waals surface area contributed by atoms with Crippen LogP contribution < -0.4 is 5.32 Å². The van der Waals surface area contributed by atoms with Crippen LogP contribution in [0.3, 0.4) is 0 Å². The zero-order valence-electron chi connectivity index (χ0n) is 11.6. The summed E-state index contributed by atoms with van der Waals surface area (Å²) in [4.78, 5) is 11.9. The zero-order valence-corrected chi connectivity index (χ0v) is 14.0. The normalized spacial score (nSPS) is 11.9. The Hall–Kier alpha value is -1.46. The Morgan fingerprint density at radius 2 is 1.81 bits per heavy atom. The minimum atomic E-state index is -1.22. The Labute approximate surface area is 135 Å². The summed E-state index contributed by atoms with van der Waals surface area (Å²) in [6.07, 6.45) is 0. The Morgan fingerprint density at radius 3 is 2.52 bits per heavy atom. The van der Waals surface area contributed by atoms with E-state index in [0.717, 1.165) is 15.6 Å². The van der Waals surface area contributed by atoms with Gasteiger partial charge in [-0.25, -0.2) is 0 Å². The van der Waals surface area contributed by atoms with Gasteiger partial charge in [-0.15, -0.1) is 0 Å². The number of rotatable bonds is 5. The molecule has 0 saturated heterocycles. The van der Waals surface area contributed by atoms with Gasteiger partial charge < -0.3 is 5.32 Å². The van der Waals surface area contributed by atoms with Gasteiger partial charge in [0.1, 0.15) is 5.75 Å². The largest absolute Gasteiger partial charge is 0.324 e. The second-order valence-corrected chi connectivity index (χ2v) is 6.99. The number of hydrogen-bond acceptors (Lipinski definition) is 2. The van der Waals surface area contributed by atoms with Crippen LogP contribution in [-0.4, -0.2) is 15.9 Å². The third-order valence-corrected chi connectivity index (χ3v) is 4.93. The Balaban J connectivity index is 1.93. The molecule has 0 radical (unpaired) electrons. The van der Waals surface area contributed by atoms with E-state index in [1.165, 1.54) is 0 Å². The number of halogens is 1. The summed E-state index contributed by atoms with van der Waals surface area (Å²) >= 11 is 3.36. The number of carbonyl (C=O) groups is 1. The van der Waals surface area contributed by atoms with Crippen molar-refractivity contribution in [2.24, 2.45) is 0 Å². The van der Waals surface area contributed by atoms with Crippen molar-refractivity contribution in [3.63, 3.8) is 0 Å². The van der Waals surface area contributed by atoms with Gasteiger partial charge in [-0.05, 0) is 46.1 Å². The molecule has 0 aliphatic rings. The third-order valence-electron chi connectivity index (χ3n) is 3.02. The Morgan fingerprint density at radius 1 is 1.14 bits per heavy atom. The van der Waals surface area contributed by atoms with E-state index in [-0.39, 0.29) is 11.7 Å². The van der Waals surface area contributed by atoms with Crippen LogP contribution in [0.2, 0.25) is 0 Å². The molecule has 0 fully saturated rings. The van der Waals surface area contributed by atoms with Gasteiger partial charge in [-0.3, -0.25) is 9.00 Å². The SMILES string of the molecule is Cc1ccccc1CS(=O)CC(=O)Nc1ccccc1Br. The predicted octanol–water partition coefficient (Wildman–Crippen LogP) is 3.64. The average Bonchev–Trinajstić information content (AvgIpc) is 2.44. The summed E-state index contributed by atoms with van der Waals surface area (Å²) in [5.74, 6) is 0.153. The molecule has 0 saturated carbocycles. The fraction of sp³-hybridized carbons (Fsp3) is 0.188. The molecule has 2 aromatic carbocycles. The quantitative estimate of drug-likeness (QED) is 0.878. The van der Waals surface area contributed by atoms with Crippen LogP contribution in [0.5, 0.6) is 0 Å². The molecule has 1 unspecified atom stereocenters. The van der Waals surface area contributed by atoms with Crippen molar-refractivity contribution in [1.82, 2.24) is 0 Å². The van der Waals surface area contributed by atoms with Crippen molar-refractivity contribution in [3.05, 3.63) is 64.1 Å². The van der Waals surface area contributed by atoms with E-state index in [9.17, 15) is 9.00 Å². The van der Waals surface area contributed by atoms with Crippen LogP contribution in [0.15, 0.2) is 53.0 Å². The van der Waals surface area contributed by atoms with Gasteiger partial charge in [-0.2, -0.15) is 0 Å². The second-order valence-electron chi connectivity index (χ2n) is 4.68. The van der Waals surface area contributed by atoms with Gasteiger partial charge in [0, 0.05) is 21.0 Å². The Kier molecular flexibility index (Phi) is 5.70. The van der Waals surface area contributed by atoms with Crippen LogP contribution in [0.25, 0.3) is 0 Å². The molecule has 110 valence electrons. The van der Waals surface area contributed by atoms with E-state index >= 15 is 0 Å². The molecule has 0 bridgehead atoms. The van der Waals surface area contributed by atoms with E-state index in [1.807, 2.05) is 49.4 Å². The van der Waals surface area contributed by atoms with Gasteiger partial charge in [0.05, 0.1) is 5.69 Å². The molecule has 2 rings (SSSR count). The highest BCUT2D eigenvalue weighted by Gasteiger charge is 2.11. The van der Waals surface area contributed by atoms with E-state index in [1.54, 1.807) is 6.07 Å². The highest BCUT2D eigenvalue weighted by molar-refractivity contribution is 9.10. The van der Waals surface area contributed by atoms with Crippen molar-refractivity contribution in [2.45, 2.75) is 12.7 Å². The van der Waals surface area contributed by atoms with Crippen LogP contribution in [0.4, 0.5) is 5.69 Å². The van der Waals surface area contributed by atoms with Crippen molar-refractivity contribution in [2.75, 3.05) is 11.1 Å². The molecule has 2 aromatic rings. The number of amides is 1. The maximum absolute atomic E-state index is 12.1. The number of hydrogen-bond donors (Lipinski definition) is 1. The first-order valence-electron chi connectivity index (χ1n) is 6.50. The first-order valence-corrected chi connectivity index (χ1v) is 8.78. The van der Waals surface area contributed by atoms with Crippen LogP contribution in [0, 0.1) is 6.92 Å². The maximum Gasteiger partial charge on any atom is 0.237 e. The molecule has 1 atom stereocenters.